The first-order chi connectivity index (χ1) is 12.8. The van der Waals surface area contributed by atoms with Gasteiger partial charge in [-0.25, -0.2) is 14.6 Å². The van der Waals surface area contributed by atoms with E-state index < -0.39 is 0 Å². The maximum absolute atomic E-state index is 12.4. The first kappa shape index (κ1) is 19.0. The number of nitrogens with one attached hydrogen (secondary N) is 1. The Labute approximate surface area is 161 Å². The number of aromatic nitrogens is 4. The number of anilines is 1. The highest BCUT2D eigenvalue weighted by atomic mass is 35.5. The molecule has 4 rings (SSSR count). The zero-order chi connectivity index (χ0) is 17.8. The molecule has 9 nitrogen and oxygen atoms in total. The molecule has 1 saturated heterocycles. The van der Waals surface area contributed by atoms with E-state index in [-0.39, 0.29) is 18.3 Å². The molecule has 0 bridgehead atoms. The molecule has 1 aliphatic rings. The predicted octanol–water partition coefficient (Wildman–Crippen LogP) is 1.61. The zero-order valence-electron chi connectivity index (χ0n) is 14.4. The Morgan fingerprint density at radius 3 is 2.78 bits per heavy atom. The molecule has 0 aromatic carbocycles. The molecule has 0 radical (unpaired) electrons. The van der Waals surface area contributed by atoms with Crippen LogP contribution in [0.1, 0.15) is 0 Å². The molecule has 0 unspecified atom stereocenters. The average molecular weight is 391 g/mol. The number of furan rings is 1. The van der Waals surface area contributed by atoms with E-state index in [1.165, 1.54) is 0 Å². The van der Waals surface area contributed by atoms with Crippen LogP contribution in [0, 0.1) is 0 Å². The molecule has 27 heavy (non-hydrogen) atoms. The second-order valence-electron chi connectivity index (χ2n) is 5.80. The largest absolute Gasteiger partial charge is 0.461 e. The van der Waals surface area contributed by atoms with Gasteiger partial charge in [-0.1, -0.05) is 0 Å². The second kappa shape index (κ2) is 8.76. The minimum Gasteiger partial charge on any atom is -0.461 e. The molecular weight excluding hydrogens is 372 g/mol. The Hall–Kier alpha value is -2.75. The zero-order valence-corrected chi connectivity index (χ0v) is 15.3. The van der Waals surface area contributed by atoms with Crippen molar-refractivity contribution in [1.82, 2.24) is 24.6 Å². The van der Waals surface area contributed by atoms with Gasteiger partial charge in [-0.15, -0.1) is 12.4 Å². The lowest BCUT2D eigenvalue weighted by Crippen LogP contribution is -2.41. The lowest BCUT2D eigenvalue weighted by Gasteiger charge is -2.25. The molecule has 142 valence electrons. The summed E-state index contributed by atoms with van der Waals surface area (Å²) < 4.78 is 12.3. The number of morpholine rings is 1. The molecule has 1 aliphatic heterocycles. The molecule has 4 heterocycles. The van der Waals surface area contributed by atoms with Crippen molar-refractivity contribution in [3.8, 4) is 17.4 Å². The van der Waals surface area contributed by atoms with E-state index in [2.05, 4.69) is 20.4 Å². The predicted molar refractivity (Wildman–Crippen MR) is 100.0 cm³/mol. The average Bonchev–Trinajstić information content (AvgIpc) is 3.36. The van der Waals surface area contributed by atoms with Crippen molar-refractivity contribution in [2.45, 2.75) is 0 Å². The monoisotopic (exact) mass is 390 g/mol. The summed E-state index contributed by atoms with van der Waals surface area (Å²) in [5.74, 6) is 1.70. The fourth-order valence-corrected chi connectivity index (χ4v) is 2.68. The summed E-state index contributed by atoms with van der Waals surface area (Å²) in [6.07, 6.45) is 4.98. The van der Waals surface area contributed by atoms with Crippen molar-refractivity contribution >= 4 is 24.1 Å². The molecule has 3 aromatic heterocycles. The van der Waals surface area contributed by atoms with Gasteiger partial charge in [0.15, 0.2) is 17.4 Å². The van der Waals surface area contributed by atoms with Gasteiger partial charge >= 0.3 is 0 Å². The lowest BCUT2D eigenvalue weighted by molar-refractivity contribution is -0.118. The van der Waals surface area contributed by atoms with Crippen molar-refractivity contribution in [1.29, 1.82) is 0 Å². The maximum atomic E-state index is 12.4. The van der Waals surface area contributed by atoms with Gasteiger partial charge in [0.2, 0.25) is 5.91 Å². The number of carbonyl (C=O) groups excluding carboxylic acids is 1. The van der Waals surface area contributed by atoms with E-state index in [0.717, 1.165) is 13.1 Å². The summed E-state index contributed by atoms with van der Waals surface area (Å²) in [7, 11) is 0. The van der Waals surface area contributed by atoms with Gasteiger partial charge in [0.1, 0.15) is 5.82 Å². The summed E-state index contributed by atoms with van der Waals surface area (Å²) in [4.78, 5) is 23.3. The first-order valence-corrected chi connectivity index (χ1v) is 8.31. The van der Waals surface area contributed by atoms with Crippen LogP contribution in [-0.4, -0.2) is 63.4 Å². The molecule has 1 amide bonds. The summed E-state index contributed by atoms with van der Waals surface area (Å²) in [5, 5.41) is 7.02. The molecule has 0 aliphatic carbocycles. The van der Waals surface area contributed by atoms with E-state index in [9.17, 15) is 4.79 Å². The van der Waals surface area contributed by atoms with E-state index in [0.29, 0.717) is 43.0 Å². The minimum atomic E-state index is -0.137. The van der Waals surface area contributed by atoms with Gasteiger partial charge in [-0.05, 0) is 18.2 Å². The number of nitrogens with zero attached hydrogens (tertiary/aromatic N) is 5. The van der Waals surface area contributed by atoms with E-state index >= 15 is 0 Å². The molecule has 1 N–H and O–H groups in total. The van der Waals surface area contributed by atoms with E-state index in [1.54, 1.807) is 47.6 Å². The Kier molecular flexibility index (Phi) is 6.17. The van der Waals surface area contributed by atoms with Gasteiger partial charge in [-0.2, -0.15) is 5.10 Å². The highest BCUT2D eigenvalue weighted by Gasteiger charge is 2.16. The van der Waals surface area contributed by atoms with E-state index in [1.807, 2.05) is 4.90 Å². The number of rotatable bonds is 5. The van der Waals surface area contributed by atoms with Crippen molar-refractivity contribution in [2.75, 3.05) is 38.2 Å². The van der Waals surface area contributed by atoms with Gasteiger partial charge in [0, 0.05) is 31.5 Å². The Morgan fingerprint density at radius 1 is 1.22 bits per heavy atom. The van der Waals surface area contributed by atoms with Crippen molar-refractivity contribution in [2.24, 2.45) is 0 Å². The fraction of sp³-hybridized carbons (Fsp3) is 0.294. The number of carbonyl (C=O) groups is 1. The van der Waals surface area contributed by atoms with Crippen molar-refractivity contribution in [3.63, 3.8) is 0 Å². The molecule has 0 atom stereocenters. The van der Waals surface area contributed by atoms with Crippen LogP contribution in [-0.2, 0) is 9.53 Å². The van der Waals surface area contributed by atoms with Gasteiger partial charge in [0.25, 0.3) is 0 Å². The van der Waals surface area contributed by atoms with Crippen LogP contribution in [0.25, 0.3) is 17.4 Å². The van der Waals surface area contributed by atoms with Crippen LogP contribution in [0.5, 0.6) is 0 Å². The van der Waals surface area contributed by atoms with Gasteiger partial charge in [0.05, 0.1) is 26.0 Å². The van der Waals surface area contributed by atoms with Gasteiger partial charge in [-0.3, -0.25) is 9.69 Å². The fourth-order valence-electron chi connectivity index (χ4n) is 2.68. The topological polar surface area (TPSA) is 98.3 Å². The summed E-state index contributed by atoms with van der Waals surface area (Å²) in [5.41, 5.74) is 0. The molecule has 1 fully saturated rings. The van der Waals surface area contributed by atoms with Gasteiger partial charge < -0.3 is 14.5 Å². The third-order valence-electron chi connectivity index (χ3n) is 3.93. The second-order valence-corrected chi connectivity index (χ2v) is 5.80. The van der Waals surface area contributed by atoms with E-state index in [4.69, 9.17) is 9.15 Å². The maximum Gasteiger partial charge on any atom is 0.239 e. The smallest absolute Gasteiger partial charge is 0.239 e. The number of amides is 1. The first-order valence-electron chi connectivity index (χ1n) is 8.31. The van der Waals surface area contributed by atoms with Crippen LogP contribution >= 0.6 is 12.4 Å². The Bertz CT molecular complexity index is 810. The molecule has 10 heteroatoms. The number of hydrogen-bond acceptors (Lipinski definition) is 7. The third-order valence-corrected chi connectivity index (χ3v) is 3.93. The summed E-state index contributed by atoms with van der Waals surface area (Å²) in [6, 6.07) is 7.00. The Morgan fingerprint density at radius 2 is 2.07 bits per heavy atom. The quantitative estimate of drug-likeness (QED) is 0.706. The normalized spacial score (nSPS) is 14.5. The van der Waals surface area contributed by atoms with Crippen LogP contribution < -0.4 is 5.32 Å². The highest BCUT2D eigenvalue weighted by Crippen LogP contribution is 2.20. The highest BCUT2D eigenvalue weighted by molar-refractivity contribution is 5.91. The van der Waals surface area contributed by atoms with Crippen molar-refractivity contribution in [3.05, 3.63) is 42.9 Å². The number of ether oxygens (including phenoxy) is 1. The van der Waals surface area contributed by atoms with Crippen molar-refractivity contribution < 1.29 is 13.9 Å². The molecule has 0 spiro atoms. The summed E-state index contributed by atoms with van der Waals surface area (Å²) >= 11 is 0. The number of halogens is 1. The summed E-state index contributed by atoms with van der Waals surface area (Å²) in [6.45, 7) is 3.07. The third kappa shape index (κ3) is 4.70. The number of hydrogen-bond donors (Lipinski definition) is 1. The van der Waals surface area contributed by atoms with Crippen LogP contribution in [0.2, 0.25) is 0 Å². The molecule has 3 aromatic rings. The SMILES string of the molecule is Cl.O=C(CN1CCOCC1)Nc1cc(-n2cccn2)nc(-c2ccco2)n1. The van der Waals surface area contributed by atoms with Crippen LogP contribution in [0.3, 0.4) is 0 Å². The lowest BCUT2D eigenvalue weighted by atomic mass is 10.3. The molecular formula is C17H19ClN6O3. The minimum absolute atomic E-state index is 0. The standard InChI is InChI=1S/C17H18N6O3.ClH/c24-16(12-22-6-9-25-10-7-22)19-14-11-15(23-5-2-4-18-23)21-17(20-14)13-3-1-8-26-13;/h1-5,8,11H,6-7,9-10,12H2,(H,19,20,21,24);1H. The Balaban J connectivity index is 0.00000210. The molecule has 0 saturated carbocycles. The van der Waals surface area contributed by atoms with Crippen LogP contribution in [0.15, 0.2) is 47.3 Å². The van der Waals surface area contributed by atoms with Crippen LogP contribution in [0.4, 0.5) is 5.82 Å².